The largest absolute Gasteiger partial charge is 0.492 e. The van der Waals surface area contributed by atoms with Gasteiger partial charge in [0.15, 0.2) is 0 Å². The third-order valence-electron chi connectivity index (χ3n) is 4.75. The molecule has 0 N–H and O–H groups in total. The van der Waals surface area contributed by atoms with E-state index in [4.69, 9.17) is 27.9 Å². The van der Waals surface area contributed by atoms with Crippen LogP contribution in [0, 0.1) is 0 Å². The van der Waals surface area contributed by atoms with E-state index in [0.717, 1.165) is 5.69 Å². The van der Waals surface area contributed by atoms with Crippen molar-refractivity contribution >= 4 is 35.0 Å². The number of benzene rings is 1. The lowest BCUT2D eigenvalue weighted by Gasteiger charge is -2.35. The van der Waals surface area contributed by atoms with Gasteiger partial charge < -0.3 is 14.5 Å². The third-order valence-corrected chi connectivity index (χ3v) is 5.55. The number of ether oxygens (including phenoxy) is 1. The molecule has 154 valence electrons. The molecule has 0 aliphatic carbocycles. The second-order valence-electron chi connectivity index (χ2n) is 6.76. The summed E-state index contributed by atoms with van der Waals surface area (Å²) in [7, 11) is 0. The van der Waals surface area contributed by atoms with Crippen molar-refractivity contribution in [1.29, 1.82) is 0 Å². The maximum Gasteiger partial charge on any atom is 0.228 e. The highest BCUT2D eigenvalue weighted by atomic mass is 35.5. The first kappa shape index (κ1) is 21.4. The molecule has 6 nitrogen and oxygen atoms in total. The van der Waals surface area contributed by atoms with Crippen LogP contribution in [0.3, 0.4) is 0 Å². The second-order valence-corrected chi connectivity index (χ2v) is 7.55. The zero-order valence-electron chi connectivity index (χ0n) is 16.0. The summed E-state index contributed by atoms with van der Waals surface area (Å²) in [4.78, 5) is 32.6. The molecule has 1 aromatic carbocycles. The molecule has 1 aromatic heterocycles. The molecule has 2 amide bonds. The smallest absolute Gasteiger partial charge is 0.228 e. The summed E-state index contributed by atoms with van der Waals surface area (Å²) < 4.78 is 5.61. The van der Waals surface area contributed by atoms with Crippen LogP contribution in [0.4, 0.5) is 0 Å². The quantitative estimate of drug-likeness (QED) is 0.624. The number of rotatable bonds is 7. The van der Waals surface area contributed by atoms with E-state index in [2.05, 4.69) is 4.98 Å². The monoisotopic (exact) mass is 435 g/mol. The first-order valence-corrected chi connectivity index (χ1v) is 10.3. The minimum absolute atomic E-state index is 0.0441. The number of carbonyl (C=O) groups is 2. The van der Waals surface area contributed by atoms with E-state index < -0.39 is 0 Å². The number of nitrogens with zero attached hydrogens (tertiary/aromatic N) is 3. The Balaban J connectivity index is 1.36. The molecule has 1 aliphatic heterocycles. The molecular formula is C21H23Cl2N3O3. The lowest BCUT2D eigenvalue weighted by molar-refractivity contribution is -0.139. The van der Waals surface area contributed by atoms with Crippen LogP contribution in [-0.4, -0.2) is 59.4 Å². The van der Waals surface area contributed by atoms with Gasteiger partial charge in [0.05, 0.1) is 18.1 Å². The predicted molar refractivity (Wildman–Crippen MR) is 112 cm³/mol. The lowest BCUT2D eigenvalue weighted by atomic mass is 10.2. The van der Waals surface area contributed by atoms with Gasteiger partial charge in [-0.1, -0.05) is 35.3 Å². The highest BCUT2D eigenvalue weighted by molar-refractivity contribution is 6.42. The highest BCUT2D eigenvalue weighted by Gasteiger charge is 2.24. The van der Waals surface area contributed by atoms with Crippen LogP contribution >= 0.6 is 23.2 Å². The molecule has 8 heteroatoms. The number of amides is 2. The summed E-state index contributed by atoms with van der Waals surface area (Å²) in [5.41, 5.74) is 0.760. The van der Waals surface area contributed by atoms with Gasteiger partial charge in [-0.3, -0.25) is 14.6 Å². The fourth-order valence-corrected chi connectivity index (χ4v) is 3.48. The molecule has 0 radical (unpaired) electrons. The van der Waals surface area contributed by atoms with Crippen LogP contribution in [0.2, 0.25) is 10.0 Å². The Kier molecular flexibility index (Phi) is 7.72. The van der Waals surface area contributed by atoms with Crippen LogP contribution in [0.5, 0.6) is 5.75 Å². The summed E-state index contributed by atoms with van der Waals surface area (Å²) in [5, 5.41) is 0.822. The van der Waals surface area contributed by atoms with Crippen molar-refractivity contribution in [2.45, 2.75) is 19.3 Å². The van der Waals surface area contributed by atoms with Crippen molar-refractivity contribution in [3.8, 4) is 5.75 Å². The number of aromatic nitrogens is 1. The Morgan fingerprint density at radius 3 is 2.38 bits per heavy atom. The first-order valence-electron chi connectivity index (χ1n) is 9.57. The van der Waals surface area contributed by atoms with E-state index in [9.17, 15) is 9.59 Å². The zero-order valence-corrected chi connectivity index (χ0v) is 17.5. The normalized spacial score (nSPS) is 14.0. The van der Waals surface area contributed by atoms with E-state index in [-0.39, 0.29) is 18.2 Å². The van der Waals surface area contributed by atoms with Crippen molar-refractivity contribution in [2.75, 3.05) is 32.8 Å². The molecule has 1 saturated heterocycles. The fraction of sp³-hybridized carbons (Fsp3) is 0.381. The minimum atomic E-state index is 0.0441. The van der Waals surface area contributed by atoms with Gasteiger partial charge in [0.25, 0.3) is 0 Å². The SMILES string of the molecule is O=C(CCCOc1cccc(Cl)c1Cl)N1CCN(C(=O)Cc2ccccn2)CC1. The zero-order chi connectivity index (χ0) is 20.6. The van der Waals surface area contributed by atoms with Crippen molar-refractivity contribution in [3.63, 3.8) is 0 Å². The molecule has 2 heterocycles. The Morgan fingerprint density at radius 1 is 0.966 bits per heavy atom. The molecular weight excluding hydrogens is 413 g/mol. The Bertz CT molecular complexity index is 840. The highest BCUT2D eigenvalue weighted by Crippen LogP contribution is 2.31. The van der Waals surface area contributed by atoms with Crippen LogP contribution in [-0.2, 0) is 16.0 Å². The maximum atomic E-state index is 12.4. The molecule has 1 fully saturated rings. The number of halogens is 2. The summed E-state index contributed by atoms with van der Waals surface area (Å²) in [5.74, 6) is 0.636. The van der Waals surface area contributed by atoms with Crippen LogP contribution in [0.15, 0.2) is 42.6 Å². The van der Waals surface area contributed by atoms with Crippen molar-refractivity contribution in [1.82, 2.24) is 14.8 Å². The van der Waals surface area contributed by atoms with Crippen molar-refractivity contribution < 1.29 is 14.3 Å². The van der Waals surface area contributed by atoms with Gasteiger partial charge in [0.2, 0.25) is 11.8 Å². The third kappa shape index (κ3) is 6.08. The van der Waals surface area contributed by atoms with Gasteiger partial charge in [-0.15, -0.1) is 0 Å². The number of carbonyl (C=O) groups excluding carboxylic acids is 2. The molecule has 3 rings (SSSR count). The number of pyridine rings is 1. The standard InChI is InChI=1S/C21H23Cl2N3O3/c22-17-6-3-7-18(21(17)23)29-14-4-8-19(27)25-10-12-26(13-11-25)20(28)15-16-5-1-2-9-24-16/h1-3,5-7,9H,4,8,10-15H2. The molecule has 0 atom stereocenters. The van der Waals surface area contributed by atoms with Gasteiger partial charge in [0.1, 0.15) is 10.8 Å². The van der Waals surface area contributed by atoms with E-state index in [0.29, 0.717) is 61.4 Å². The minimum Gasteiger partial charge on any atom is -0.492 e. The average molecular weight is 436 g/mol. The lowest BCUT2D eigenvalue weighted by Crippen LogP contribution is -2.51. The maximum absolute atomic E-state index is 12.4. The van der Waals surface area contributed by atoms with Crippen LogP contribution in [0.25, 0.3) is 0 Å². The van der Waals surface area contributed by atoms with Gasteiger partial charge in [-0.25, -0.2) is 0 Å². The van der Waals surface area contributed by atoms with Gasteiger partial charge in [0, 0.05) is 44.5 Å². The van der Waals surface area contributed by atoms with Crippen molar-refractivity contribution in [2.24, 2.45) is 0 Å². The van der Waals surface area contributed by atoms with E-state index in [1.165, 1.54) is 0 Å². The van der Waals surface area contributed by atoms with Crippen LogP contribution < -0.4 is 4.74 Å². The van der Waals surface area contributed by atoms with Gasteiger partial charge >= 0.3 is 0 Å². The summed E-state index contributed by atoms with van der Waals surface area (Å²) in [6.45, 7) is 2.58. The average Bonchev–Trinajstić information content (AvgIpc) is 2.74. The molecule has 0 bridgehead atoms. The molecule has 29 heavy (non-hydrogen) atoms. The van der Waals surface area contributed by atoms with Crippen LogP contribution in [0.1, 0.15) is 18.5 Å². The van der Waals surface area contributed by atoms with E-state index >= 15 is 0 Å². The fourth-order valence-electron chi connectivity index (χ4n) is 3.13. The van der Waals surface area contributed by atoms with Crippen molar-refractivity contribution in [3.05, 3.63) is 58.3 Å². The summed E-state index contributed by atoms with van der Waals surface area (Å²) in [6.07, 6.45) is 2.95. The first-order chi connectivity index (χ1) is 14.0. The van der Waals surface area contributed by atoms with Gasteiger partial charge in [-0.2, -0.15) is 0 Å². The number of hydrogen-bond acceptors (Lipinski definition) is 4. The summed E-state index contributed by atoms with van der Waals surface area (Å²) in [6, 6.07) is 10.8. The van der Waals surface area contributed by atoms with E-state index in [1.54, 1.807) is 34.2 Å². The van der Waals surface area contributed by atoms with E-state index in [1.807, 2.05) is 18.2 Å². The number of hydrogen-bond donors (Lipinski definition) is 0. The van der Waals surface area contributed by atoms with Gasteiger partial charge in [-0.05, 0) is 30.7 Å². The summed E-state index contributed by atoms with van der Waals surface area (Å²) >= 11 is 12.0. The molecule has 1 aliphatic rings. The Labute approximate surface area is 180 Å². The predicted octanol–water partition coefficient (Wildman–Crippen LogP) is 3.46. The number of piperazine rings is 1. The molecule has 0 saturated carbocycles. The topological polar surface area (TPSA) is 62.7 Å². The molecule has 0 spiro atoms. The second kappa shape index (κ2) is 10.5. The Hall–Kier alpha value is -2.31. The molecule has 2 aromatic rings. The molecule has 0 unspecified atom stereocenters. The Morgan fingerprint density at radius 2 is 1.69 bits per heavy atom.